The van der Waals surface area contributed by atoms with Crippen LogP contribution in [-0.2, 0) is 0 Å². The molecular formula is C13H18BrFN2. The number of benzene rings is 1. The Morgan fingerprint density at radius 3 is 3.12 bits per heavy atom. The molecule has 1 aliphatic rings. The summed E-state index contributed by atoms with van der Waals surface area (Å²) in [6.07, 6.45) is 3.58. The van der Waals surface area contributed by atoms with Crippen molar-refractivity contribution < 1.29 is 4.39 Å². The predicted molar refractivity (Wildman–Crippen MR) is 72.8 cm³/mol. The Kier molecular flexibility index (Phi) is 4.40. The summed E-state index contributed by atoms with van der Waals surface area (Å²) in [6, 6.07) is 5.66. The molecule has 0 saturated carbocycles. The van der Waals surface area contributed by atoms with E-state index in [1.54, 1.807) is 6.07 Å². The Labute approximate surface area is 110 Å². The molecule has 1 heterocycles. The van der Waals surface area contributed by atoms with E-state index in [2.05, 4.69) is 33.5 Å². The Hall–Kier alpha value is -0.610. The van der Waals surface area contributed by atoms with Gasteiger partial charge < -0.3 is 10.6 Å². The van der Waals surface area contributed by atoms with Gasteiger partial charge in [0.15, 0.2) is 0 Å². The Balaban J connectivity index is 1.92. The van der Waals surface area contributed by atoms with Crippen molar-refractivity contribution in [1.29, 1.82) is 0 Å². The van der Waals surface area contributed by atoms with Crippen LogP contribution in [0.2, 0.25) is 0 Å². The SMILES string of the molecule is CC(CC1CCCN1)Nc1cc(F)ccc1Br. The van der Waals surface area contributed by atoms with Crippen molar-refractivity contribution in [3.05, 3.63) is 28.5 Å². The lowest BCUT2D eigenvalue weighted by atomic mass is 10.1. The summed E-state index contributed by atoms with van der Waals surface area (Å²) in [5.74, 6) is -0.207. The predicted octanol–water partition coefficient (Wildman–Crippen LogP) is 3.53. The number of hydrogen-bond acceptors (Lipinski definition) is 2. The number of nitrogens with one attached hydrogen (secondary N) is 2. The molecule has 4 heteroatoms. The van der Waals surface area contributed by atoms with Crippen LogP contribution >= 0.6 is 15.9 Å². The van der Waals surface area contributed by atoms with Crippen LogP contribution in [0.4, 0.5) is 10.1 Å². The smallest absolute Gasteiger partial charge is 0.125 e. The zero-order chi connectivity index (χ0) is 12.3. The molecule has 1 aliphatic heterocycles. The van der Waals surface area contributed by atoms with Gasteiger partial charge in [-0.3, -0.25) is 0 Å². The van der Waals surface area contributed by atoms with Crippen LogP contribution in [-0.4, -0.2) is 18.6 Å². The van der Waals surface area contributed by atoms with Gasteiger partial charge in [-0.25, -0.2) is 4.39 Å². The maximum Gasteiger partial charge on any atom is 0.125 e. The highest BCUT2D eigenvalue weighted by Gasteiger charge is 2.17. The molecule has 1 aromatic carbocycles. The Bertz CT molecular complexity index is 378. The third-order valence-electron chi connectivity index (χ3n) is 3.13. The molecule has 94 valence electrons. The van der Waals surface area contributed by atoms with Gasteiger partial charge in [-0.2, -0.15) is 0 Å². The molecule has 2 atom stereocenters. The summed E-state index contributed by atoms with van der Waals surface area (Å²) in [4.78, 5) is 0. The fraction of sp³-hybridized carbons (Fsp3) is 0.538. The zero-order valence-electron chi connectivity index (χ0n) is 9.97. The van der Waals surface area contributed by atoms with Crippen molar-refractivity contribution in [2.45, 2.75) is 38.3 Å². The topological polar surface area (TPSA) is 24.1 Å². The van der Waals surface area contributed by atoms with E-state index in [4.69, 9.17) is 0 Å². The third-order valence-corrected chi connectivity index (χ3v) is 3.82. The third kappa shape index (κ3) is 3.68. The molecule has 0 aromatic heterocycles. The van der Waals surface area contributed by atoms with Gasteiger partial charge >= 0.3 is 0 Å². The van der Waals surface area contributed by atoms with Crippen molar-refractivity contribution in [1.82, 2.24) is 5.32 Å². The number of anilines is 1. The van der Waals surface area contributed by atoms with Crippen molar-refractivity contribution in [3.63, 3.8) is 0 Å². The molecule has 0 amide bonds. The van der Waals surface area contributed by atoms with Crippen LogP contribution in [0.3, 0.4) is 0 Å². The first kappa shape index (κ1) is 12.8. The summed E-state index contributed by atoms with van der Waals surface area (Å²) in [5.41, 5.74) is 0.829. The van der Waals surface area contributed by atoms with Gasteiger partial charge in [-0.15, -0.1) is 0 Å². The average Bonchev–Trinajstić information content (AvgIpc) is 2.76. The van der Waals surface area contributed by atoms with Crippen molar-refractivity contribution in [3.8, 4) is 0 Å². The second-order valence-electron chi connectivity index (χ2n) is 4.70. The highest BCUT2D eigenvalue weighted by molar-refractivity contribution is 9.10. The van der Waals surface area contributed by atoms with Gasteiger partial charge in [0.05, 0.1) is 5.69 Å². The van der Waals surface area contributed by atoms with E-state index in [-0.39, 0.29) is 5.82 Å². The minimum atomic E-state index is -0.207. The summed E-state index contributed by atoms with van der Waals surface area (Å²) in [5, 5.41) is 6.82. The highest BCUT2D eigenvalue weighted by atomic mass is 79.9. The fourth-order valence-corrected chi connectivity index (χ4v) is 2.68. The summed E-state index contributed by atoms with van der Waals surface area (Å²) >= 11 is 3.43. The average molecular weight is 301 g/mol. The molecule has 0 aliphatic carbocycles. The second kappa shape index (κ2) is 5.83. The van der Waals surface area contributed by atoms with E-state index in [0.29, 0.717) is 12.1 Å². The second-order valence-corrected chi connectivity index (χ2v) is 5.55. The minimum absolute atomic E-state index is 0.207. The van der Waals surface area contributed by atoms with E-state index in [1.165, 1.54) is 25.0 Å². The summed E-state index contributed by atoms with van der Waals surface area (Å²) in [6.45, 7) is 3.26. The summed E-state index contributed by atoms with van der Waals surface area (Å²) in [7, 11) is 0. The first-order chi connectivity index (χ1) is 8.15. The molecule has 2 unspecified atom stereocenters. The fourth-order valence-electron chi connectivity index (χ4n) is 2.32. The van der Waals surface area contributed by atoms with Gasteiger partial charge in [-0.1, -0.05) is 0 Å². The largest absolute Gasteiger partial charge is 0.382 e. The molecule has 17 heavy (non-hydrogen) atoms. The van der Waals surface area contributed by atoms with Crippen molar-refractivity contribution >= 4 is 21.6 Å². The van der Waals surface area contributed by atoms with E-state index < -0.39 is 0 Å². The lowest BCUT2D eigenvalue weighted by Crippen LogP contribution is -2.29. The molecule has 1 saturated heterocycles. The molecular weight excluding hydrogens is 283 g/mol. The van der Waals surface area contributed by atoms with Gasteiger partial charge in [0, 0.05) is 16.6 Å². The van der Waals surface area contributed by atoms with Crippen LogP contribution < -0.4 is 10.6 Å². The Morgan fingerprint density at radius 2 is 2.41 bits per heavy atom. The molecule has 0 spiro atoms. The monoisotopic (exact) mass is 300 g/mol. The zero-order valence-corrected chi connectivity index (χ0v) is 11.6. The van der Waals surface area contributed by atoms with Gasteiger partial charge in [0.1, 0.15) is 5.82 Å². The normalized spacial score (nSPS) is 21.5. The van der Waals surface area contributed by atoms with Crippen LogP contribution in [0.1, 0.15) is 26.2 Å². The Morgan fingerprint density at radius 1 is 1.59 bits per heavy atom. The molecule has 1 aromatic rings. The number of halogens is 2. The van der Waals surface area contributed by atoms with E-state index in [9.17, 15) is 4.39 Å². The van der Waals surface area contributed by atoms with Gasteiger partial charge in [0.25, 0.3) is 0 Å². The van der Waals surface area contributed by atoms with Crippen LogP contribution in [0.25, 0.3) is 0 Å². The molecule has 1 fully saturated rings. The first-order valence-corrected chi connectivity index (χ1v) is 6.89. The number of hydrogen-bond donors (Lipinski definition) is 2. The lowest BCUT2D eigenvalue weighted by Gasteiger charge is -2.20. The molecule has 0 bridgehead atoms. The van der Waals surface area contributed by atoms with Crippen LogP contribution in [0.15, 0.2) is 22.7 Å². The van der Waals surface area contributed by atoms with Gasteiger partial charge in [-0.05, 0) is 66.9 Å². The van der Waals surface area contributed by atoms with Gasteiger partial charge in [0.2, 0.25) is 0 Å². The number of rotatable bonds is 4. The van der Waals surface area contributed by atoms with E-state index >= 15 is 0 Å². The van der Waals surface area contributed by atoms with E-state index in [0.717, 1.165) is 23.1 Å². The quantitative estimate of drug-likeness (QED) is 0.889. The standard InChI is InChI=1S/C13H18BrFN2/c1-9(7-11-3-2-6-16-11)17-13-8-10(15)4-5-12(13)14/h4-5,8-9,11,16-17H,2-3,6-7H2,1H3. The van der Waals surface area contributed by atoms with Crippen LogP contribution in [0.5, 0.6) is 0 Å². The molecule has 0 radical (unpaired) electrons. The molecule has 2 N–H and O–H groups in total. The van der Waals surface area contributed by atoms with Crippen molar-refractivity contribution in [2.75, 3.05) is 11.9 Å². The highest BCUT2D eigenvalue weighted by Crippen LogP contribution is 2.24. The van der Waals surface area contributed by atoms with E-state index in [1.807, 2.05) is 0 Å². The lowest BCUT2D eigenvalue weighted by molar-refractivity contribution is 0.523. The van der Waals surface area contributed by atoms with Crippen LogP contribution in [0, 0.1) is 5.82 Å². The van der Waals surface area contributed by atoms with Crippen molar-refractivity contribution in [2.24, 2.45) is 0 Å². The molecule has 2 rings (SSSR count). The molecule has 2 nitrogen and oxygen atoms in total. The maximum absolute atomic E-state index is 13.1. The summed E-state index contributed by atoms with van der Waals surface area (Å²) < 4.78 is 14.0. The minimum Gasteiger partial charge on any atom is -0.382 e. The maximum atomic E-state index is 13.1. The first-order valence-electron chi connectivity index (χ1n) is 6.10.